The number of alkyl halides is 3. The number of sulfone groups is 1. The summed E-state index contributed by atoms with van der Waals surface area (Å²) in [6.45, 7) is -0.343. The van der Waals surface area contributed by atoms with Crippen LogP contribution in [0.1, 0.15) is 38.5 Å². The number of carbonyl (C=O) groups is 1. The second-order valence-electron chi connectivity index (χ2n) is 7.90. The van der Waals surface area contributed by atoms with Crippen molar-refractivity contribution in [2.24, 2.45) is 0 Å². The summed E-state index contributed by atoms with van der Waals surface area (Å²) in [7, 11) is -3.26. The molecule has 0 N–H and O–H groups in total. The summed E-state index contributed by atoms with van der Waals surface area (Å²) in [5.74, 6) is -0.343. The molecule has 1 unspecified atom stereocenters. The van der Waals surface area contributed by atoms with E-state index in [1.807, 2.05) is 0 Å². The largest absolute Gasteiger partial charge is 0.401 e. The van der Waals surface area contributed by atoms with Gasteiger partial charge in [-0.05, 0) is 12.8 Å². The Labute approximate surface area is 157 Å². The molecule has 3 rings (SSSR count). The summed E-state index contributed by atoms with van der Waals surface area (Å²) in [5, 5.41) is 0. The third kappa shape index (κ3) is 4.76. The Morgan fingerprint density at radius 1 is 1.15 bits per heavy atom. The number of hydrogen-bond acceptors (Lipinski definition) is 5. The van der Waals surface area contributed by atoms with Gasteiger partial charge in [0, 0.05) is 32.1 Å². The van der Waals surface area contributed by atoms with Crippen molar-refractivity contribution in [3.8, 4) is 0 Å². The second kappa shape index (κ2) is 7.87. The Hall–Kier alpha value is -0.870. The quantitative estimate of drug-likeness (QED) is 0.705. The number of rotatable bonds is 3. The number of nitrogens with zero attached hydrogens (tertiary/aromatic N) is 2. The molecule has 3 fully saturated rings. The van der Waals surface area contributed by atoms with Gasteiger partial charge in [0.1, 0.15) is 0 Å². The first-order chi connectivity index (χ1) is 12.6. The van der Waals surface area contributed by atoms with E-state index in [0.717, 1.165) is 19.3 Å². The van der Waals surface area contributed by atoms with E-state index in [1.54, 1.807) is 4.90 Å². The van der Waals surface area contributed by atoms with Crippen LogP contribution in [0.4, 0.5) is 13.2 Å². The van der Waals surface area contributed by atoms with E-state index in [9.17, 15) is 26.4 Å². The molecule has 10 heteroatoms. The minimum atomic E-state index is -4.33. The van der Waals surface area contributed by atoms with Gasteiger partial charge in [-0.15, -0.1) is 0 Å². The van der Waals surface area contributed by atoms with Gasteiger partial charge in [0.2, 0.25) is 5.91 Å². The molecular weight excluding hydrogens is 385 g/mol. The van der Waals surface area contributed by atoms with Crippen LogP contribution < -0.4 is 0 Å². The molecule has 0 aromatic heterocycles. The first kappa shape index (κ1) is 20.9. The Kier molecular flexibility index (Phi) is 6.08. The fourth-order valence-electron chi connectivity index (χ4n) is 4.50. The summed E-state index contributed by atoms with van der Waals surface area (Å²) >= 11 is 0. The molecule has 0 aromatic carbocycles. The van der Waals surface area contributed by atoms with Crippen molar-refractivity contribution in [3.63, 3.8) is 0 Å². The molecule has 1 aliphatic carbocycles. The van der Waals surface area contributed by atoms with Crippen molar-refractivity contribution in [2.75, 3.05) is 45.1 Å². The molecule has 6 nitrogen and oxygen atoms in total. The first-order valence-electron chi connectivity index (χ1n) is 9.51. The zero-order chi connectivity index (χ0) is 19.7. The molecule has 0 radical (unpaired) electrons. The molecule has 0 aromatic rings. The van der Waals surface area contributed by atoms with Crippen LogP contribution in [0, 0.1) is 0 Å². The number of halogens is 3. The fourth-order valence-corrected chi connectivity index (χ4v) is 6.65. The number of ether oxygens (including phenoxy) is 1. The van der Waals surface area contributed by atoms with E-state index < -0.39 is 33.3 Å². The van der Waals surface area contributed by atoms with Gasteiger partial charge in [-0.3, -0.25) is 9.69 Å². The molecule has 1 amide bonds. The summed E-state index contributed by atoms with van der Waals surface area (Å²) in [6, 6.07) is -0.631. The van der Waals surface area contributed by atoms with E-state index in [1.165, 1.54) is 4.90 Å². The summed E-state index contributed by atoms with van der Waals surface area (Å²) in [5.41, 5.74) is 0. The lowest BCUT2D eigenvalue weighted by Gasteiger charge is -2.45. The molecular formula is C17H27F3N2O4S. The highest BCUT2D eigenvalue weighted by atomic mass is 32.2. The van der Waals surface area contributed by atoms with Gasteiger partial charge in [-0.25, -0.2) is 8.42 Å². The molecule has 27 heavy (non-hydrogen) atoms. The van der Waals surface area contributed by atoms with Crippen LogP contribution in [-0.2, 0) is 19.4 Å². The molecule has 1 spiro atoms. The molecule has 2 aliphatic heterocycles. The number of amides is 1. The minimum Gasteiger partial charge on any atom is -0.378 e. The smallest absolute Gasteiger partial charge is 0.378 e. The van der Waals surface area contributed by atoms with Crippen LogP contribution in [0.15, 0.2) is 0 Å². The Morgan fingerprint density at radius 2 is 1.85 bits per heavy atom. The van der Waals surface area contributed by atoms with Crippen molar-refractivity contribution in [3.05, 3.63) is 0 Å². The van der Waals surface area contributed by atoms with Crippen molar-refractivity contribution in [2.45, 2.75) is 55.5 Å². The van der Waals surface area contributed by atoms with Crippen molar-refractivity contribution >= 4 is 15.7 Å². The third-order valence-corrected chi connectivity index (χ3v) is 8.61. The highest BCUT2D eigenvalue weighted by Gasteiger charge is 2.49. The standard InChI is InChI=1S/C17H27F3N2O4S/c18-17(19,20)13-21-6-8-26-11-14(21)10-15(23)22-7-9-27(24,25)16(12-22)4-2-1-3-5-16/h14H,1-13H2. The molecule has 1 saturated carbocycles. The highest BCUT2D eigenvalue weighted by molar-refractivity contribution is 7.92. The monoisotopic (exact) mass is 412 g/mol. The number of morpholine rings is 1. The zero-order valence-electron chi connectivity index (χ0n) is 15.3. The van der Waals surface area contributed by atoms with Gasteiger partial charge in [0.25, 0.3) is 0 Å². The molecule has 2 saturated heterocycles. The second-order valence-corrected chi connectivity index (χ2v) is 10.4. The van der Waals surface area contributed by atoms with E-state index in [2.05, 4.69) is 0 Å². The average molecular weight is 412 g/mol. The van der Waals surface area contributed by atoms with Crippen molar-refractivity contribution in [1.29, 1.82) is 0 Å². The maximum absolute atomic E-state index is 12.8. The lowest BCUT2D eigenvalue weighted by atomic mass is 9.87. The van der Waals surface area contributed by atoms with Gasteiger partial charge in [0.05, 0.1) is 30.3 Å². The third-order valence-electron chi connectivity index (χ3n) is 6.03. The van der Waals surface area contributed by atoms with Gasteiger partial charge < -0.3 is 9.64 Å². The predicted molar refractivity (Wildman–Crippen MR) is 93.0 cm³/mol. The van der Waals surface area contributed by atoms with E-state index in [0.29, 0.717) is 12.8 Å². The molecule has 1 atom stereocenters. The van der Waals surface area contributed by atoms with Crippen LogP contribution >= 0.6 is 0 Å². The normalized spacial score (nSPS) is 29.0. The predicted octanol–water partition coefficient (Wildman–Crippen LogP) is 1.60. The lowest BCUT2D eigenvalue weighted by molar-refractivity contribution is -0.165. The fraction of sp³-hybridized carbons (Fsp3) is 0.941. The van der Waals surface area contributed by atoms with Crippen molar-refractivity contribution in [1.82, 2.24) is 9.80 Å². The topological polar surface area (TPSA) is 66.9 Å². The molecule has 3 aliphatic rings. The molecule has 2 heterocycles. The SMILES string of the molecule is O=C(CC1COCCN1CC(F)(F)F)N1CCS(=O)(=O)C2(CCCCC2)C1. The van der Waals surface area contributed by atoms with Gasteiger partial charge in [0.15, 0.2) is 9.84 Å². The van der Waals surface area contributed by atoms with E-state index >= 15 is 0 Å². The highest BCUT2D eigenvalue weighted by Crippen LogP contribution is 2.39. The van der Waals surface area contributed by atoms with Gasteiger partial charge in [-0.2, -0.15) is 13.2 Å². The Bertz CT molecular complexity index is 647. The minimum absolute atomic E-state index is 0.0633. The average Bonchev–Trinajstić information content (AvgIpc) is 2.59. The van der Waals surface area contributed by atoms with Crippen LogP contribution in [0.5, 0.6) is 0 Å². The van der Waals surface area contributed by atoms with Crippen molar-refractivity contribution < 1.29 is 31.1 Å². The van der Waals surface area contributed by atoms with Crippen LogP contribution in [0.3, 0.4) is 0 Å². The van der Waals surface area contributed by atoms with E-state index in [-0.39, 0.29) is 50.9 Å². The first-order valence-corrected chi connectivity index (χ1v) is 11.2. The summed E-state index contributed by atoms with van der Waals surface area (Å²) < 4.78 is 68.0. The van der Waals surface area contributed by atoms with Crippen LogP contribution in [-0.4, -0.2) is 86.2 Å². The Morgan fingerprint density at radius 3 is 2.52 bits per heavy atom. The van der Waals surface area contributed by atoms with Crippen LogP contribution in [0.2, 0.25) is 0 Å². The lowest BCUT2D eigenvalue weighted by Crippen LogP contribution is -2.59. The molecule has 156 valence electrons. The zero-order valence-corrected chi connectivity index (χ0v) is 16.2. The molecule has 0 bridgehead atoms. The van der Waals surface area contributed by atoms with Gasteiger partial charge >= 0.3 is 6.18 Å². The summed E-state index contributed by atoms with van der Waals surface area (Å²) in [6.07, 6.45) is -0.626. The Balaban J connectivity index is 1.66. The number of hydrogen-bond donors (Lipinski definition) is 0. The number of carbonyl (C=O) groups excluding carboxylic acids is 1. The van der Waals surface area contributed by atoms with E-state index in [4.69, 9.17) is 4.74 Å². The maximum atomic E-state index is 12.8. The van der Waals surface area contributed by atoms with Crippen LogP contribution in [0.25, 0.3) is 0 Å². The summed E-state index contributed by atoms with van der Waals surface area (Å²) in [4.78, 5) is 15.6. The van der Waals surface area contributed by atoms with Gasteiger partial charge in [-0.1, -0.05) is 19.3 Å². The maximum Gasteiger partial charge on any atom is 0.401 e.